The number of aliphatic imine (C=N–C) groups is 1. The number of aromatic nitrogens is 16. The van der Waals surface area contributed by atoms with Crippen LogP contribution in [0.15, 0.2) is 236 Å². The van der Waals surface area contributed by atoms with Crippen LogP contribution in [0.2, 0.25) is 0 Å². The summed E-state index contributed by atoms with van der Waals surface area (Å²) in [6, 6.07) is 43.7. The van der Waals surface area contributed by atoms with E-state index >= 15 is 0 Å². The molecule has 7 aromatic carbocycles. The van der Waals surface area contributed by atoms with Gasteiger partial charge in [0.05, 0.1) is 120 Å². The minimum absolute atomic E-state index is 0.255. The van der Waals surface area contributed by atoms with E-state index in [2.05, 4.69) is 272 Å². The van der Waals surface area contributed by atoms with Gasteiger partial charge in [0.2, 0.25) is 0 Å². The summed E-state index contributed by atoms with van der Waals surface area (Å²) in [6.45, 7) is 18.2. The number of anilines is 1. The number of hydrogen-bond acceptors (Lipinski definition) is 18. The maximum atomic E-state index is 7.53. The Labute approximate surface area is 783 Å². The number of fused-ring (bicyclic) bond motifs is 21. The molecule has 0 amide bonds. The Bertz CT molecular complexity index is 8110. The highest BCUT2D eigenvalue weighted by Crippen LogP contribution is 2.51. The molecule has 0 radical (unpaired) electrons. The molecule has 26 heteroatoms. The van der Waals surface area contributed by atoms with Crippen LogP contribution in [0.4, 0.5) is 16.6 Å². The lowest BCUT2D eigenvalue weighted by Gasteiger charge is -2.40. The van der Waals surface area contributed by atoms with Crippen molar-refractivity contribution in [1.29, 1.82) is 0 Å². The van der Waals surface area contributed by atoms with Crippen LogP contribution in [0.1, 0.15) is 183 Å². The fraction of sp³-hybridized carbons (Fsp3) is 0.294. The molecule has 4 aliphatic heterocycles. The molecular weight excluding hydrogens is 1690 g/mol. The molecule has 10 aromatic heterocycles. The van der Waals surface area contributed by atoms with Gasteiger partial charge in [-0.05, 0) is 339 Å². The lowest BCUT2D eigenvalue weighted by atomic mass is 9.71. The van der Waals surface area contributed by atoms with Crippen LogP contribution in [0.5, 0.6) is 0 Å². The number of dihydropyridines is 2. The van der Waals surface area contributed by atoms with Gasteiger partial charge in [0.15, 0.2) is 5.13 Å². The Morgan fingerprint density at radius 1 is 0.526 bits per heavy atom. The molecule has 17 aromatic rings. The lowest BCUT2D eigenvalue weighted by Crippen LogP contribution is -2.39. The third kappa shape index (κ3) is 14.9. The zero-order valence-electron chi connectivity index (χ0n) is 76.6. The van der Waals surface area contributed by atoms with Crippen LogP contribution in [-0.4, -0.2) is 110 Å². The second-order valence-electron chi connectivity index (χ2n) is 37.9. The first-order valence-corrected chi connectivity index (χ1v) is 48.8. The topological polar surface area (TPSA) is 331 Å². The summed E-state index contributed by atoms with van der Waals surface area (Å²) < 4.78 is 3.06. The number of nitrogens with two attached hydrogens (primary N) is 1. The molecule has 672 valence electrons. The maximum absolute atomic E-state index is 7.53. The van der Waals surface area contributed by atoms with Crippen molar-refractivity contribution in [2.24, 2.45) is 34.1 Å². The van der Waals surface area contributed by atoms with E-state index in [4.69, 9.17) is 32.4 Å². The number of hydrazone groups is 2. The first-order valence-electron chi connectivity index (χ1n) is 48.0. The van der Waals surface area contributed by atoms with Gasteiger partial charge in [-0.3, -0.25) is 25.1 Å². The fourth-order valence-corrected chi connectivity index (χ4v) is 24.1. The molecular formula is C109H105N25S. The molecule has 6 unspecified atom stereocenters. The molecule has 28 rings (SSSR count). The summed E-state index contributed by atoms with van der Waals surface area (Å²) in [4.78, 5) is 26.8. The van der Waals surface area contributed by atoms with Gasteiger partial charge < -0.3 is 37.0 Å². The lowest BCUT2D eigenvalue weighted by molar-refractivity contribution is 0.522. The molecule has 0 fully saturated rings. The number of rotatable bonds is 7. The molecule has 0 saturated carbocycles. The van der Waals surface area contributed by atoms with Crippen LogP contribution in [0, 0.1) is 46.1 Å². The van der Waals surface area contributed by atoms with E-state index in [1.54, 1.807) is 22.3 Å². The van der Waals surface area contributed by atoms with Gasteiger partial charge in [-0.15, -0.1) is 5.10 Å². The summed E-state index contributed by atoms with van der Waals surface area (Å²) in [7, 11) is 2.02. The first-order chi connectivity index (χ1) is 66.2. The number of nitrogens with zero attached hydrogens (tertiary/aromatic N) is 14. The summed E-state index contributed by atoms with van der Waals surface area (Å²) in [5.74, 6) is 1.24. The summed E-state index contributed by atoms with van der Waals surface area (Å²) in [6.07, 6.45) is 42.7. The second kappa shape index (κ2) is 34.3. The molecule has 0 saturated heterocycles. The third-order valence-electron chi connectivity index (χ3n) is 29.8. The molecule has 6 atom stereocenters. The van der Waals surface area contributed by atoms with Gasteiger partial charge in [0.1, 0.15) is 5.52 Å². The molecule has 0 bridgehead atoms. The van der Waals surface area contributed by atoms with Crippen molar-refractivity contribution < 1.29 is 0 Å². The summed E-state index contributed by atoms with van der Waals surface area (Å²) >= 11 is 1.50. The van der Waals surface area contributed by atoms with E-state index in [0.717, 1.165) is 167 Å². The molecule has 7 aliphatic carbocycles. The number of allylic oxidation sites excluding steroid dienone is 6. The van der Waals surface area contributed by atoms with E-state index in [-0.39, 0.29) is 12.1 Å². The maximum Gasteiger partial charge on any atom is 0.258 e. The van der Waals surface area contributed by atoms with E-state index in [0.29, 0.717) is 34.9 Å². The van der Waals surface area contributed by atoms with Crippen molar-refractivity contribution in [2.45, 2.75) is 187 Å². The van der Waals surface area contributed by atoms with Gasteiger partial charge >= 0.3 is 0 Å². The number of hydrogen-bond donors (Lipinski definition) is 11. The predicted molar refractivity (Wildman–Crippen MR) is 543 cm³/mol. The van der Waals surface area contributed by atoms with E-state index in [1.807, 2.05) is 48.5 Å². The standard InChI is InChI=1S/C23H21N5.C23H22N4.C22H16N6S.C22H23N5.C19H23N5/c1-13-21-20(27-28(13)2)10-9-19-22(21)16-5-3-4-6-17(16)23(25-19)14-7-8-18-15(11-14)12-24-26-18;1-15-11-18-13-20(8-10-21(18)25-15)26-23(16-5-3-2-4-6-16)17-7-9-22-19(12-17)14-24-27-22;1-24-21-19-16(27-28-21)9-8-15-18(19)12-4-2-3-5-13(12)20(25-15)11-6-7-14-17(10-11)29-22(23)26-14;1-12-20-19(27-25-12)9-8-18-21(20)15-4-2-3-5-16(15)22(24-18)13-6-7-17-14(10-13)11-23-26-17;1-10-17(11(2)23-22-10)19-13-6-4-3-5-12(13)18-14-9-20-24-15(14)7-8-16(18)21-19/h7-12H,3-6H2,1-2H3,(H,24,26);5,7-14,25H,2-4,6H2,1H3,(H,24,27);6-10H,2-5H2,(H2,23,26)(H,27,28);6-11,19-20,22,24,27H,2-5H2,1H3,(H,23,26);7-9,14-15,19,21,24H,3-6H2,1-2H3,(H,22,23). The van der Waals surface area contributed by atoms with Crippen molar-refractivity contribution >= 4 is 143 Å². The zero-order valence-corrected chi connectivity index (χ0v) is 77.4. The molecule has 135 heavy (non-hydrogen) atoms. The first kappa shape index (κ1) is 83.1. The Morgan fingerprint density at radius 3 is 1.87 bits per heavy atom. The highest BCUT2D eigenvalue weighted by Gasteiger charge is 2.43. The number of thiazole rings is 1. The number of pyridine rings is 2. The van der Waals surface area contributed by atoms with E-state index < -0.39 is 0 Å². The van der Waals surface area contributed by atoms with Crippen molar-refractivity contribution in [3.8, 4) is 22.5 Å². The Kier molecular flexibility index (Phi) is 21.1. The normalized spacial score (nSPS) is 20.3. The predicted octanol–water partition coefficient (Wildman–Crippen LogP) is 23.0. The Hall–Kier alpha value is -15.0. The number of nitrogens with one attached hydrogen (secondary N) is 10. The zero-order chi connectivity index (χ0) is 90.8. The molecule has 0 spiro atoms. The third-order valence-corrected chi connectivity index (χ3v) is 30.6. The number of nitrogen functional groups attached to an aromatic ring is 1. The number of aromatic amines is 6. The average molecular weight is 1800 g/mol. The van der Waals surface area contributed by atoms with Crippen LogP contribution < -0.4 is 27.2 Å². The van der Waals surface area contributed by atoms with Crippen molar-refractivity contribution in [2.75, 3.05) is 5.73 Å². The van der Waals surface area contributed by atoms with Gasteiger partial charge in [0, 0.05) is 124 Å². The Balaban J connectivity index is 0.0000000926. The minimum Gasteiger partial charge on any atom is -0.375 e. The van der Waals surface area contributed by atoms with Crippen LogP contribution in [0.3, 0.4) is 0 Å². The van der Waals surface area contributed by atoms with Crippen molar-refractivity contribution in [1.82, 2.24) is 102 Å². The van der Waals surface area contributed by atoms with Gasteiger partial charge in [-0.25, -0.2) is 25.0 Å². The minimum atomic E-state index is 0.255. The van der Waals surface area contributed by atoms with Crippen LogP contribution in [0.25, 0.3) is 125 Å². The van der Waals surface area contributed by atoms with Crippen molar-refractivity contribution in [3.63, 3.8) is 0 Å². The number of benzene rings is 7. The monoisotopic (exact) mass is 1800 g/mol. The Morgan fingerprint density at radius 2 is 1.14 bits per heavy atom. The highest BCUT2D eigenvalue weighted by atomic mass is 32.1. The largest absolute Gasteiger partial charge is 0.375 e. The molecule has 14 heterocycles. The average Bonchev–Trinajstić information content (AvgIpc) is 1.62. The quantitative estimate of drug-likeness (QED) is 0.0522. The van der Waals surface area contributed by atoms with E-state index in [1.165, 1.54) is 200 Å². The summed E-state index contributed by atoms with van der Waals surface area (Å²) in [5, 5.41) is 67.5. The van der Waals surface area contributed by atoms with Crippen LogP contribution >= 0.6 is 11.3 Å². The number of aryl methyl sites for hydroxylation is 7. The van der Waals surface area contributed by atoms with E-state index in [9.17, 15) is 0 Å². The smallest absolute Gasteiger partial charge is 0.258 e. The SMILES string of the molecule is CC1=NNC2C=CC3=C(C4=C(CCCC4)C(c4ccc5[nH]ncc5c4)N3)C12.Cc1c2c(ccc3nc(-c4ccc5[nH]ncc5c4)c4c(c32)CCCC4)nn1C.Cc1cc2cc(N=C(C3=CCCCC3)c3ccc4[nH]ncc4c3)ccc2[nH]1.Cc1n[nH]c(C)c1C1NC2=C(C3=C1CCCC3)C1C=NNC1C=C2.[C-]#[N+]c1[nH]nc2ccc3nc(-c4ccc5nc(N)sc5c4)c4c(c3c12)CCCC4. The number of H-pyrrole nitrogens is 6. The molecule has 12 N–H and O–H groups in total. The summed E-state index contributed by atoms with van der Waals surface area (Å²) in [5.41, 5.74) is 56.5. The van der Waals surface area contributed by atoms with Crippen LogP contribution in [-0.2, 0) is 32.7 Å². The molecule has 11 aliphatic rings. The fourth-order valence-electron chi connectivity index (χ4n) is 23.3. The van der Waals surface area contributed by atoms with Crippen molar-refractivity contribution in [3.05, 3.63) is 294 Å². The van der Waals surface area contributed by atoms with Gasteiger partial charge in [0.25, 0.3) is 5.82 Å². The second-order valence-corrected chi connectivity index (χ2v) is 39.0. The molecule has 25 nitrogen and oxygen atoms in total. The van der Waals surface area contributed by atoms with Gasteiger partial charge in [-0.2, -0.15) is 35.7 Å². The van der Waals surface area contributed by atoms with Gasteiger partial charge in [-0.1, -0.05) is 60.4 Å². The highest BCUT2D eigenvalue weighted by molar-refractivity contribution is 7.22.